The predicted octanol–water partition coefficient (Wildman–Crippen LogP) is 3.29. The van der Waals surface area contributed by atoms with E-state index in [9.17, 15) is 22.8 Å². The van der Waals surface area contributed by atoms with E-state index in [0.29, 0.717) is 16.2 Å². The molecule has 0 atom stereocenters. The zero-order valence-electron chi connectivity index (χ0n) is 12.5. The van der Waals surface area contributed by atoms with Crippen molar-refractivity contribution in [3.05, 3.63) is 46.5 Å². The lowest BCUT2D eigenvalue weighted by Crippen LogP contribution is -2.42. The average Bonchev–Trinajstić information content (AvgIpc) is 2.89. The molecule has 1 aromatic carbocycles. The van der Waals surface area contributed by atoms with E-state index in [1.54, 1.807) is 30.3 Å². The Kier molecular flexibility index (Phi) is 5.23. The van der Waals surface area contributed by atoms with Crippen molar-refractivity contribution in [2.24, 2.45) is 0 Å². The maximum Gasteiger partial charge on any atom is 0.471 e. The molecule has 1 amide bonds. The van der Waals surface area contributed by atoms with Crippen LogP contribution in [0.15, 0.2) is 30.3 Å². The first-order valence-electron chi connectivity index (χ1n) is 6.83. The Labute approximate surface area is 139 Å². The van der Waals surface area contributed by atoms with E-state index in [1.165, 1.54) is 6.92 Å². The van der Waals surface area contributed by atoms with Gasteiger partial charge in [-0.25, -0.2) is 9.78 Å². The van der Waals surface area contributed by atoms with Gasteiger partial charge in [-0.3, -0.25) is 9.69 Å². The van der Waals surface area contributed by atoms with Crippen LogP contribution in [0.3, 0.4) is 0 Å². The number of anilines is 1. The van der Waals surface area contributed by atoms with E-state index < -0.39 is 18.1 Å². The average molecular weight is 358 g/mol. The number of nitrogens with zero attached hydrogens (tertiary/aromatic N) is 2. The Balaban J connectivity index is 2.31. The monoisotopic (exact) mass is 358 g/mol. The van der Waals surface area contributed by atoms with Crippen molar-refractivity contribution in [3.63, 3.8) is 0 Å². The number of thiazole rings is 1. The molecule has 0 saturated heterocycles. The fourth-order valence-corrected chi connectivity index (χ4v) is 2.95. The highest BCUT2D eigenvalue weighted by Gasteiger charge is 2.44. The van der Waals surface area contributed by atoms with E-state index >= 15 is 0 Å². The molecule has 5 nitrogen and oxygen atoms in total. The second-order valence-electron chi connectivity index (χ2n) is 4.91. The molecule has 1 heterocycles. The van der Waals surface area contributed by atoms with Crippen molar-refractivity contribution in [3.8, 4) is 0 Å². The number of carboxylic acids is 1. The molecule has 0 aliphatic carbocycles. The smallest absolute Gasteiger partial charge is 0.471 e. The van der Waals surface area contributed by atoms with Crippen LogP contribution in [0.1, 0.15) is 20.9 Å². The molecule has 0 bridgehead atoms. The van der Waals surface area contributed by atoms with E-state index in [-0.39, 0.29) is 28.7 Å². The third-order valence-electron chi connectivity index (χ3n) is 3.17. The van der Waals surface area contributed by atoms with Crippen molar-refractivity contribution in [1.29, 1.82) is 0 Å². The van der Waals surface area contributed by atoms with Crippen molar-refractivity contribution < 1.29 is 27.9 Å². The molecule has 24 heavy (non-hydrogen) atoms. The summed E-state index contributed by atoms with van der Waals surface area (Å²) in [6, 6.07) is 8.70. The quantitative estimate of drug-likeness (QED) is 0.890. The number of alkyl halides is 3. The van der Waals surface area contributed by atoms with Crippen LogP contribution < -0.4 is 4.90 Å². The molecule has 0 saturated carbocycles. The molecule has 0 fully saturated rings. The molecule has 128 valence electrons. The number of carbonyl (C=O) groups excluding carboxylic acids is 1. The summed E-state index contributed by atoms with van der Waals surface area (Å²) >= 11 is 0.550. The third kappa shape index (κ3) is 4.10. The number of hydrogen-bond acceptors (Lipinski definition) is 4. The second kappa shape index (κ2) is 7.00. The maximum atomic E-state index is 12.8. The van der Waals surface area contributed by atoms with Crippen molar-refractivity contribution >= 4 is 28.3 Å². The van der Waals surface area contributed by atoms with Crippen LogP contribution in [-0.4, -0.2) is 34.7 Å². The van der Waals surface area contributed by atoms with Crippen molar-refractivity contribution in [2.45, 2.75) is 19.5 Å². The first-order chi connectivity index (χ1) is 11.2. The number of rotatable bonds is 5. The third-order valence-corrected chi connectivity index (χ3v) is 4.33. The zero-order valence-corrected chi connectivity index (χ0v) is 13.3. The Hall–Kier alpha value is -2.42. The number of aromatic carboxylic acids is 1. The SMILES string of the molecule is Cc1nc(N(CCc2ccccc2)C(=O)C(F)(F)F)sc1C(=O)O. The van der Waals surface area contributed by atoms with Gasteiger partial charge in [-0.15, -0.1) is 0 Å². The Morgan fingerprint density at radius 1 is 1.25 bits per heavy atom. The summed E-state index contributed by atoms with van der Waals surface area (Å²) in [6.45, 7) is 1.12. The molecule has 0 aliphatic rings. The van der Waals surface area contributed by atoms with Gasteiger partial charge < -0.3 is 5.11 Å². The minimum atomic E-state index is -5.07. The van der Waals surface area contributed by atoms with Gasteiger partial charge >= 0.3 is 18.1 Å². The van der Waals surface area contributed by atoms with Gasteiger partial charge in [-0.1, -0.05) is 41.7 Å². The van der Waals surface area contributed by atoms with E-state index in [4.69, 9.17) is 5.11 Å². The van der Waals surface area contributed by atoms with Gasteiger partial charge in [0.25, 0.3) is 0 Å². The lowest BCUT2D eigenvalue weighted by molar-refractivity contribution is -0.170. The summed E-state index contributed by atoms with van der Waals surface area (Å²) in [5.74, 6) is -3.36. The summed E-state index contributed by atoms with van der Waals surface area (Å²) < 4.78 is 38.5. The molecule has 0 radical (unpaired) electrons. The summed E-state index contributed by atoms with van der Waals surface area (Å²) in [4.78, 5) is 26.9. The van der Waals surface area contributed by atoms with Crippen LogP contribution >= 0.6 is 11.3 Å². The lowest BCUT2D eigenvalue weighted by atomic mass is 10.1. The van der Waals surface area contributed by atoms with Gasteiger partial charge in [-0.2, -0.15) is 13.2 Å². The van der Waals surface area contributed by atoms with Crippen LogP contribution in [0.2, 0.25) is 0 Å². The Morgan fingerprint density at radius 3 is 2.38 bits per heavy atom. The molecule has 1 aromatic heterocycles. The summed E-state index contributed by atoms with van der Waals surface area (Å²) in [5.41, 5.74) is 0.825. The fraction of sp³-hybridized carbons (Fsp3) is 0.267. The first-order valence-corrected chi connectivity index (χ1v) is 7.65. The standard InChI is InChI=1S/C15H13F3N2O3S/c1-9-11(12(21)22)24-14(19-9)20(13(23)15(16,17)18)8-7-10-5-3-2-4-6-10/h2-6H,7-8H2,1H3,(H,21,22). The van der Waals surface area contributed by atoms with Gasteiger partial charge in [0.05, 0.1) is 5.69 Å². The predicted molar refractivity (Wildman–Crippen MR) is 82.4 cm³/mol. The topological polar surface area (TPSA) is 70.5 Å². The second-order valence-corrected chi connectivity index (χ2v) is 5.88. The van der Waals surface area contributed by atoms with Gasteiger partial charge in [0, 0.05) is 6.54 Å². The van der Waals surface area contributed by atoms with Crippen LogP contribution in [0.25, 0.3) is 0 Å². The van der Waals surface area contributed by atoms with Gasteiger partial charge in [0.2, 0.25) is 0 Å². The number of benzene rings is 1. The first kappa shape index (κ1) is 17.9. The molecular formula is C15H13F3N2O3S. The molecule has 2 rings (SSSR count). The fourth-order valence-electron chi connectivity index (χ4n) is 2.02. The molecular weight excluding hydrogens is 345 g/mol. The van der Waals surface area contributed by atoms with Gasteiger partial charge in [0.15, 0.2) is 5.13 Å². The Morgan fingerprint density at radius 2 is 1.88 bits per heavy atom. The van der Waals surface area contributed by atoms with Crippen LogP contribution in [0.4, 0.5) is 18.3 Å². The van der Waals surface area contributed by atoms with E-state index in [0.717, 1.165) is 5.56 Å². The number of carbonyl (C=O) groups is 2. The van der Waals surface area contributed by atoms with Gasteiger partial charge in [-0.05, 0) is 18.9 Å². The highest BCUT2D eigenvalue weighted by atomic mass is 32.1. The zero-order chi connectivity index (χ0) is 17.9. The highest BCUT2D eigenvalue weighted by Crippen LogP contribution is 2.30. The van der Waals surface area contributed by atoms with Crippen LogP contribution in [0.5, 0.6) is 0 Å². The number of amides is 1. The molecule has 9 heteroatoms. The minimum absolute atomic E-state index is 0.0715. The largest absolute Gasteiger partial charge is 0.477 e. The summed E-state index contributed by atoms with van der Waals surface area (Å²) in [5, 5.41) is 8.74. The molecule has 0 spiro atoms. The maximum absolute atomic E-state index is 12.8. The van der Waals surface area contributed by atoms with Crippen LogP contribution in [0, 0.1) is 6.92 Å². The lowest BCUT2D eigenvalue weighted by Gasteiger charge is -2.21. The molecule has 0 unspecified atom stereocenters. The normalized spacial score (nSPS) is 11.3. The number of hydrogen-bond donors (Lipinski definition) is 1. The molecule has 1 N–H and O–H groups in total. The number of carboxylic acid groups (broad SMARTS) is 1. The van der Waals surface area contributed by atoms with E-state index in [2.05, 4.69) is 4.98 Å². The number of halogens is 3. The van der Waals surface area contributed by atoms with Crippen molar-refractivity contribution in [2.75, 3.05) is 11.4 Å². The number of aryl methyl sites for hydroxylation is 1. The Bertz CT molecular complexity index is 744. The molecule has 2 aromatic rings. The van der Waals surface area contributed by atoms with Crippen LogP contribution in [-0.2, 0) is 11.2 Å². The van der Waals surface area contributed by atoms with Gasteiger partial charge in [0.1, 0.15) is 4.88 Å². The van der Waals surface area contributed by atoms with E-state index in [1.807, 2.05) is 0 Å². The summed E-state index contributed by atoms with van der Waals surface area (Å²) in [7, 11) is 0. The van der Waals surface area contributed by atoms with Crippen molar-refractivity contribution in [1.82, 2.24) is 4.98 Å². The summed E-state index contributed by atoms with van der Waals surface area (Å²) in [6.07, 6.45) is -4.89. The highest BCUT2D eigenvalue weighted by molar-refractivity contribution is 7.17. The minimum Gasteiger partial charge on any atom is -0.477 e. The molecule has 0 aliphatic heterocycles. The number of aromatic nitrogens is 1.